The maximum atomic E-state index is 11.1. The largest absolute Gasteiger partial charge is 0.448 e. The van der Waals surface area contributed by atoms with Gasteiger partial charge in [-0.3, -0.25) is 10.1 Å². The Hall–Kier alpha value is -1.44. The van der Waals surface area contributed by atoms with Crippen molar-refractivity contribution in [3.05, 3.63) is 61.0 Å². The van der Waals surface area contributed by atoms with Gasteiger partial charge in [-0.05, 0) is 62.5 Å². The second-order valence-corrected chi connectivity index (χ2v) is 6.13. The van der Waals surface area contributed by atoms with Gasteiger partial charge >= 0.3 is 5.69 Å². The van der Waals surface area contributed by atoms with Gasteiger partial charge in [0, 0.05) is 12.1 Å². The van der Waals surface area contributed by atoms with Gasteiger partial charge in [-0.2, -0.15) is 0 Å². The molecule has 0 aliphatic heterocycles. The van der Waals surface area contributed by atoms with Crippen LogP contribution in [-0.2, 0) is 0 Å². The number of benzene rings is 2. The minimum absolute atomic E-state index is 0.104. The third-order valence-electron chi connectivity index (χ3n) is 2.84. The van der Waals surface area contributed by atoms with E-state index in [1.807, 2.05) is 19.1 Å². The zero-order chi connectivity index (χ0) is 15.6. The van der Waals surface area contributed by atoms with E-state index in [4.69, 9.17) is 10.5 Å². The molecule has 0 fully saturated rings. The number of hydrogen-bond donors (Lipinski definition) is 1. The third kappa shape index (κ3) is 3.61. The van der Waals surface area contributed by atoms with Crippen molar-refractivity contribution < 1.29 is 9.66 Å². The van der Waals surface area contributed by atoms with E-state index in [0.717, 1.165) is 5.56 Å². The molecule has 2 aromatic rings. The van der Waals surface area contributed by atoms with Crippen molar-refractivity contribution >= 4 is 37.5 Å². The van der Waals surface area contributed by atoms with Gasteiger partial charge in [-0.1, -0.05) is 12.1 Å². The van der Waals surface area contributed by atoms with Crippen LogP contribution in [0.3, 0.4) is 0 Å². The van der Waals surface area contributed by atoms with Gasteiger partial charge in [0.2, 0.25) is 5.75 Å². The molecule has 2 N–H and O–H groups in total. The number of nitro benzene ring substituents is 1. The molecule has 0 heterocycles. The highest BCUT2D eigenvalue weighted by Gasteiger charge is 2.19. The molecule has 0 aliphatic rings. The molecular weight excluding hydrogens is 404 g/mol. The van der Waals surface area contributed by atoms with E-state index >= 15 is 0 Å². The van der Waals surface area contributed by atoms with Gasteiger partial charge < -0.3 is 10.5 Å². The van der Waals surface area contributed by atoms with Crippen molar-refractivity contribution in [1.29, 1.82) is 0 Å². The highest BCUT2D eigenvalue weighted by Crippen LogP contribution is 2.40. The average Bonchev–Trinajstić information content (AvgIpc) is 2.42. The van der Waals surface area contributed by atoms with E-state index in [2.05, 4.69) is 31.9 Å². The summed E-state index contributed by atoms with van der Waals surface area (Å²) >= 11 is 6.66. The van der Waals surface area contributed by atoms with Crippen LogP contribution in [0.2, 0.25) is 0 Å². The van der Waals surface area contributed by atoms with Crippen LogP contribution in [0, 0.1) is 10.1 Å². The molecule has 5 nitrogen and oxygen atoms in total. The van der Waals surface area contributed by atoms with Crippen LogP contribution in [-0.4, -0.2) is 4.92 Å². The van der Waals surface area contributed by atoms with Crippen molar-refractivity contribution in [2.45, 2.75) is 13.0 Å². The van der Waals surface area contributed by atoms with Crippen molar-refractivity contribution in [2.24, 2.45) is 5.73 Å². The predicted molar refractivity (Wildman–Crippen MR) is 87.6 cm³/mol. The summed E-state index contributed by atoms with van der Waals surface area (Å²) in [4.78, 5) is 10.6. The van der Waals surface area contributed by atoms with E-state index in [1.165, 1.54) is 6.07 Å². The zero-order valence-electron chi connectivity index (χ0n) is 11.0. The molecule has 2 rings (SSSR count). The molecule has 0 aliphatic carbocycles. The van der Waals surface area contributed by atoms with Crippen LogP contribution >= 0.6 is 31.9 Å². The lowest BCUT2D eigenvalue weighted by molar-refractivity contribution is -0.385. The van der Waals surface area contributed by atoms with Gasteiger partial charge in [-0.15, -0.1) is 0 Å². The first-order valence-electron chi connectivity index (χ1n) is 6.06. The molecule has 0 spiro atoms. The summed E-state index contributed by atoms with van der Waals surface area (Å²) in [6.07, 6.45) is 0. The highest BCUT2D eigenvalue weighted by molar-refractivity contribution is 9.11. The third-order valence-corrected chi connectivity index (χ3v) is 4.08. The summed E-state index contributed by atoms with van der Waals surface area (Å²) in [5.41, 5.74) is 6.65. The molecule has 0 saturated carbocycles. The molecule has 21 heavy (non-hydrogen) atoms. The smallest absolute Gasteiger partial charge is 0.312 e. The first kappa shape index (κ1) is 15.9. The van der Waals surface area contributed by atoms with Crippen LogP contribution in [0.4, 0.5) is 5.69 Å². The molecule has 0 radical (unpaired) electrons. The maximum absolute atomic E-state index is 11.1. The lowest BCUT2D eigenvalue weighted by Gasteiger charge is -2.12. The van der Waals surface area contributed by atoms with E-state index in [9.17, 15) is 10.1 Å². The Morgan fingerprint density at radius 2 is 1.95 bits per heavy atom. The monoisotopic (exact) mass is 414 g/mol. The minimum Gasteiger partial charge on any atom is -0.448 e. The molecule has 0 aromatic heterocycles. The van der Waals surface area contributed by atoms with E-state index in [0.29, 0.717) is 14.7 Å². The Morgan fingerprint density at radius 1 is 1.24 bits per heavy atom. The average molecular weight is 416 g/mol. The topological polar surface area (TPSA) is 78.4 Å². The van der Waals surface area contributed by atoms with Gasteiger partial charge in [0.15, 0.2) is 0 Å². The summed E-state index contributed by atoms with van der Waals surface area (Å²) < 4.78 is 6.89. The molecule has 1 atom stereocenters. The maximum Gasteiger partial charge on any atom is 0.312 e. The fourth-order valence-electron chi connectivity index (χ4n) is 1.74. The minimum atomic E-state index is -0.482. The van der Waals surface area contributed by atoms with Gasteiger partial charge in [0.05, 0.1) is 13.9 Å². The van der Waals surface area contributed by atoms with Crippen molar-refractivity contribution in [1.82, 2.24) is 0 Å². The van der Waals surface area contributed by atoms with Crippen LogP contribution < -0.4 is 10.5 Å². The fraction of sp³-hybridized carbons (Fsp3) is 0.143. The Bertz CT molecular complexity index is 690. The fourth-order valence-corrected chi connectivity index (χ4v) is 2.65. The molecule has 110 valence electrons. The van der Waals surface area contributed by atoms with E-state index in [-0.39, 0.29) is 17.5 Å². The second kappa shape index (κ2) is 6.55. The van der Waals surface area contributed by atoms with Crippen LogP contribution in [0.5, 0.6) is 11.5 Å². The zero-order valence-corrected chi connectivity index (χ0v) is 14.2. The number of rotatable bonds is 4. The first-order valence-corrected chi connectivity index (χ1v) is 7.64. The lowest BCUT2D eigenvalue weighted by Crippen LogP contribution is -2.04. The summed E-state index contributed by atoms with van der Waals surface area (Å²) in [5.74, 6) is 0.645. The van der Waals surface area contributed by atoms with Crippen molar-refractivity contribution in [2.75, 3.05) is 0 Å². The Kier molecular flexibility index (Phi) is 4.97. The Balaban J connectivity index is 2.41. The number of nitro groups is 1. The summed E-state index contributed by atoms with van der Waals surface area (Å²) in [6.45, 7) is 1.88. The van der Waals surface area contributed by atoms with E-state index in [1.54, 1.807) is 18.2 Å². The predicted octanol–water partition coefficient (Wildman–Crippen LogP) is 4.93. The number of para-hydroxylation sites is 1. The molecule has 0 saturated heterocycles. The van der Waals surface area contributed by atoms with Crippen molar-refractivity contribution in [3.8, 4) is 11.5 Å². The van der Waals surface area contributed by atoms with Gasteiger partial charge in [0.25, 0.3) is 0 Å². The second-order valence-electron chi connectivity index (χ2n) is 4.43. The van der Waals surface area contributed by atoms with Crippen molar-refractivity contribution in [3.63, 3.8) is 0 Å². The molecule has 0 amide bonds. The highest BCUT2D eigenvalue weighted by atomic mass is 79.9. The van der Waals surface area contributed by atoms with Gasteiger partial charge in [0.1, 0.15) is 5.75 Å². The number of nitrogens with zero attached hydrogens (tertiary/aromatic N) is 1. The van der Waals surface area contributed by atoms with Crippen LogP contribution in [0.1, 0.15) is 18.5 Å². The molecule has 7 heteroatoms. The van der Waals surface area contributed by atoms with Gasteiger partial charge in [-0.25, -0.2) is 0 Å². The summed E-state index contributed by atoms with van der Waals surface area (Å²) in [7, 11) is 0. The Morgan fingerprint density at radius 3 is 2.52 bits per heavy atom. The van der Waals surface area contributed by atoms with Crippen LogP contribution in [0.25, 0.3) is 0 Å². The normalized spacial score (nSPS) is 12.0. The standard InChI is InChI=1S/C14H12Br2N2O3/c1-8(17)9-5-6-13(11(16)7-9)21-14-10(15)3-2-4-12(14)18(19)20/h2-8H,17H2,1H3/t8-/m0/s1. The molecule has 2 aromatic carbocycles. The first-order chi connectivity index (χ1) is 9.90. The van der Waals surface area contributed by atoms with E-state index < -0.39 is 4.92 Å². The Labute approximate surface area is 138 Å². The summed E-state index contributed by atoms with van der Waals surface area (Å²) in [5, 5.41) is 11.1. The lowest BCUT2D eigenvalue weighted by atomic mass is 10.1. The molecule has 0 bridgehead atoms. The van der Waals surface area contributed by atoms with Crippen LogP contribution in [0.15, 0.2) is 45.3 Å². The number of halogens is 2. The SMILES string of the molecule is C[C@H](N)c1ccc(Oc2c(Br)cccc2[N+](=O)[O-])c(Br)c1. The number of ether oxygens (including phenoxy) is 1. The number of nitrogens with two attached hydrogens (primary N) is 1. The number of hydrogen-bond acceptors (Lipinski definition) is 4. The summed E-state index contributed by atoms with van der Waals surface area (Å²) in [6, 6.07) is 9.95. The molecule has 0 unspecified atom stereocenters. The quantitative estimate of drug-likeness (QED) is 0.567. The molecular formula is C14H12Br2N2O3.